The molecule has 1 saturated heterocycles. The van der Waals surface area contributed by atoms with E-state index in [0.717, 1.165) is 24.7 Å². The molecule has 0 spiro atoms. The molecule has 3 nitrogen and oxygen atoms in total. The predicted molar refractivity (Wildman–Crippen MR) is 72.7 cm³/mol. The summed E-state index contributed by atoms with van der Waals surface area (Å²) in [4.78, 5) is 2.46. The molecule has 0 aromatic carbocycles. The summed E-state index contributed by atoms with van der Waals surface area (Å²) < 4.78 is 1.99. The molecule has 1 aromatic rings. The van der Waals surface area contributed by atoms with Crippen molar-refractivity contribution in [3.8, 4) is 0 Å². The van der Waals surface area contributed by atoms with Crippen LogP contribution in [0.2, 0.25) is 0 Å². The van der Waals surface area contributed by atoms with Crippen LogP contribution in [-0.2, 0) is 12.9 Å². The fourth-order valence-corrected chi connectivity index (χ4v) is 3.22. The summed E-state index contributed by atoms with van der Waals surface area (Å²) in [5.41, 5.74) is 2.27. The summed E-state index contributed by atoms with van der Waals surface area (Å²) in [5.74, 6) is 2.64. The average Bonchev–Trinajstić information content (AvgIpc) is 2.83. The third-order valence-corrected chi connectivity index (χ3v) is 4.00. The lowest BCUT2D eigenvalue weighted by atomic mass is 10.0. The van der Waals surface area contributed by atoms with Crippen LogP contribution in [-0.4, -0.2) is 22.9 Å². The molecule has 0 bridgehead atoms. The second-order valence-corrected chi connectivity index (χ2v) is 5.30. The molecule has 2 rings (SSSR count). The molecule has 17 heavy (non-hydrogen) atoms. The Morgan fingerprint density at radius 2 is 2.24 bits per heavy atom. The molecule has 0 N–H and O–H groups in total. The maximum absolute atomic E-state index is 6.05. The summed E-state index contributed by atoms with van der Waals surface area (Å²) in [7, 11) is 2.02. The van der Waals surface area contributed by atoms with Gasteiger partial charge >= 0.3 is 0 Å². The summed E-state index contributed by atoms with van der Waals surface area (Å²) in [6, 6.07) is 0. The Bertz CT molecular complexity index is 386. The van der Waals surface area contributed by atoms with E-state index < -0.39 is 0 Å². The van der Waals surface area contributed by atoms with Crippen molar-refractivity contribution < 1.29 is 0 Å². The van der Waals surface area contributed by atoms with Gasteiger partial charge in [-0.3, -0.25) is 4.68 Å². The molecule has 1 aromatic heterocycles. The molecule has 0 radical (unpaired) electrons. The number of hydrogen-bond acceptors (Lipinski definition) is 2. The zero-order chi connectivity index (χ0) is 12.4. The van der Waals surface area contributed by atoms with Crippen molar-refractivity contribution in [3.05, 3.63) is 11.3 Å². The van der Waals surface area contributed by atoms with Crippen LogP contribution in [0, 0.1) is 12.8 Å². The summed E-state index contributed by atoms with van der Waals surface area (Å²) in [5, 5.41) is 4.49. The highest BCUT2D eigenvalue weighted by molar-refractivity contribution is 6.17. The van der Waals surface area contributed by atoms with Gasteiger partial charge in [-0.2, -0.15) is 5.10 Å². The van der Waals surface area contributed by atoms with Crippen LogP contribution >= 0.6 is 11.6 Å². The number of aryl methyl sites for hydroxylation is 2. The first kappa shape index (κ1) is 12.7. The molecular formula is C13H22ClN3. The van der Waals surface area contributed by atoms with Gasteiger partial charge in [-0.05, 0) is 25.7 Å². The first-order valence-electron chi connectivity index (χ1n) is 6.50. The van der Waals surface area contributed by atoms with E-state index >= 15 is 0 Å². The highest BCUT2D eigenvalue weighted by atomic mass is 35.5. The van der Waals surface area contributed by atoms with E-state index in [0.29, 0.717) is 5.88 Å². The monoisotopic (exact) mass is 255 g/mol. The highest BCUT2D eigenvalue weighted by Gasteiger charge is 2.26. The molecule has 0 saturated carbocycles. The van der Waals surface area contributed by atoms with Gasteiger partial charge in [-0.15, -0.1) is 11.6 Å². The van der Waals surface area contributed by atoms with Crippen molar-refractivity contribution in [3.63, 3.8) is 0 Å². The van der Waals surface area contributed by atoms with Crippen LogP contribution < -0.4 is 4.90 Å². The van der Waals surface area contributed by atoms with Crippen LogP contribution in [0.15, 0.2) is 0 Å². The molecule has 1 aliphatic heterocycles. The molecule has 96 valence electrons. The fourth-order valence-electron chi connectivity index (χ4n) is 2.91. The van der Waals surface area contributed by atoms with E-state index in [4.69, 9.17) is 11.6 Å². The number of halogens is 1. The van der Waals surface area contributed by atoms with Crippen LogP contribution in [0.4, 0.5) is 5.82 Å². The number of rotatable bonds is 4. The maximum Gasteiger partial charge on any atom is 0.131 e. The van der Waals surface area contributed by atoms with E-state index in [1.807, 2.05) is 18.7 Å². The first-order valence-corrected chi connectivity index (χ1v) is 7.04. The number of alkyl halides is 1. The first-order chi connectivity index (χ1) is 8.17. The zero-order valence-electron chi connectivity index (χ0n) is 11.0. The normalized spacial score (nSPS) is 20.2. The number of aromatic nitrogens is 2. The van der Waals surface area contributed by atoms with Gasteiger partial charge in [0.25, 0.3) is 0 Å². The second kappa shape index (κ2) is 5.30. The molecular weight excluding hydrogens is 234 g/mol. The zero-order valence-corrected chi connectivity index (χ0v) is 11.8. The highest BCUT2D eigenvalue weighted by Crippen LogP contribution is 2.31. The number of nitrogens with zero attached hydrogens (tertiary/aromatic N) is 3. The van der Waals surface area contributed by atoms with Gasteiger partial charge in [0.1, 0.15) is 5.82 Å². The average molecular weight is 256 g/mol. The predicted octanol–water partition coefficient (Wildman–Crippen LogP) is 3.09. The van der Waals surface area contributed by atoms with Gasteiger partial charge in [0.2, 0.25) is 0 Å². The van der Waals surface area contributed by atoms with Crippen molar-refractivity contribution in [2.75, 3.05) is 18.0 Å². The van der Waals surface area contributed by atoms with Crippen molar-refractivity contribution in [1.29, 1.82) is 0 Å². The number of hydrogen-bond donors (Lipinski definition) is 0. The van der Waals surface area contributed by atoms with Crippen molar-refractivity contribution in [1.82, 2.24) is 9.78 Å². The quantitative estimate of drug-likeness (QED) is 0.771. The Morgan fingerprint density at radius 3 is 2.88 bits per heavy atom. The SMILES string of the molecule is CCCC1CCN(c2c(CCl)c(C)nn2C)C1. The lowest BCUT2D eigenvalue weighted by Gasteiger charge is -2.20. The Balaban J connectivity index is 2.18. The Morgan fingerprint density at radius 1 is 1.47 bits per heavy atom. The minimum absolute atomic E-state index is 0.559. The number of anilines is 1. The topological polar surface area (TPSA) is 21.1 Å². The van der Waals surface area contributed by atoms with Crippen LogP contribution in [0.1, 0.15) is 37.4 Å². The third-order valence-electron chi connectivity index (χ3n) is 3.73. The van der Waals surface area contributed by atoms with Gasteiger partial charge < -0.3 is 4.90 Å². The second-order valence-electron chi connectivity index (χ2n) is 5.03. The van der Waals surface area contributed by atoms with Gasteiger partial charge in [-0.25, -0.2) is 0 Å². The van der Waals surface area contributed by atoms with E-state index in [9.17, 15) is 0 Å². The standard InChI is InChI=1S/C13H22ClN3/c1-4-5-11-6-7-17(9-11)13-12(8-14)10(2)15-16(13)3/h11H,4-9H2,1-3H3. The van der Waals surface area contributed by atoms with Gasteiger partial charge in [-0.1, -0.05) is 13.3 Å². The molecule has 0 aliphatic carbocycles. The maximum atomic E-state index is 6.05. The largest absolute Gasteiger partial charge is 0.356 e. The lowest BCUT2D eigenvalue weighted by Crippen LogP contribution is -2.23. The molecule has 2 heterocycles. The summed E-state index contributed by atoms with van der Waals surface area (Å²) in [6.07, 6.45) is 3.93. The Kier molecular flexibility index (Phi) is 3.97. The lowest BCUT2D eigenvalue weighted by molar-refractivity contribution is 0.529. The van der Waals surface area contributed by atoms with Gasteiger partial charge in [0.15, 0.2) is 0 Å². The minimum Gasteiger partial charge on any atom is -0.356 e. The Labute approximate surface area is 109 Å². The smallest absolute Gasteiger partial charge is 0.131 e. The molecule has 4 heteroatoms. The molecule has 0 amide bonds. The van der Waals surface area contributed by atoms with Gasteiger partial charge in [0.05, 0.1) is 11.6 Å². The van der Waals surface area contributed by atoms with E-state index in [1.165, 1.54) is 30.6 Å². The van der Waals surface area contributed by atoms with E-state index in [1.54, 1.807) is 0 Å². The van der Waals surface area contributed by atoms with Gasteiger partial charge in [0, 0.05) is 25.7 Å². The van der Waals surface area contributed by atoms with Crippen molar-refractivity contribution in [2.45, 2.75) is 39.0 Å². The molecule has 1 fully saturated rings. The van der Waals surface area contributed by atoms with Crippen LogP contribution in [0.25, 0.3) is 0 Å². The molecule has 1 atom stereocenters. The van der Waals surface area contributed by atoms with Crippen molar-refractivity contribution in [2.24, 2.45) is 13.0 Å². The van der Waals surface area contributed by atoms with E-state index in [-0.39, 0.29) is 0 Å². The van der Waals surface area contributed by atoms with Crippen LogP contribution in [0.5, 0.6) is 0 Å². The molecule has 1 unspecified atom stereocenters. The van der Waals surface area contributed by atoms with E-state index in [2.05, 4.69) is 16.9 Å². The summed E-state index contributed by atoms with van der Waals surface area (Å²) >= 11 is 6.05. The molecule has 1 aliphatic rings. The van der Waals surface area contributed by atoms with Crippen LogP contribution in [0.3, 0.4) is 0 Å². The minimum atomic E-state index is 0.559. The van der Waals surface area contributed by atoms with Crippen molar-refractivity contribution >= 4 is 17.4 Å². The Hall–Kier alpha value is -0.700. The third kappa shape index (κ3) is 2.44. The summed E-state index contributed by atoms with van der Waals surface area (Å²) in [6.45, 7) is 6.62. The fraction of sp³-hybridized carbons (Fsp3) is 0.769.